The van der Waals surface area contributed by atoms with E-state index in [0.717, 1.165) is 4.47 Å². The third-order valence-electron chi connectivity index (χ3n) is 2.10. The summed E-state index contributed by atoms with van der Waals surface area (Å²) in [4.78, 5) is 12.0. The van der Waals surface area contributed by atoms with E-state index in [4.69, 9.17) is 21.1 Å². The third kappa shape index (κ3) is 4.26. The van der Waals surface area contributed by atoms with Crippen molar-refractivity contribution in [1.82, 2.24) is 0 Å². The number of hydrogen-bond donors (Lipinski definition) is 0. The molecule has 0 N–H and O–H groups in total. The van der Waals surface area contributed by atoms with Crippen LogP contribution in [0, 0.1) is 0 Å². The Morgan fingerprint density at radius 2 is 2.00 bits per heavy atom. The molecule has 0 saturated carbocycles. The van der Waals surface area contributed by atoms with Crippen molar-refractivity contribution in [3.05, 3.63) is 33.3 Å². The van der Waals surface area contributed by atoms with Crippen molar-refractivity contribution < 1.29 is 14.3 Å². The summed E-state index contributed by atoms with van der Waals surface area (Å²) in [5, 5.41) is 0.468. The van der Waals surface area contributed by atoms with E-state index in [1.165, 1.54) is 7.11 Å². The van der Waals surface area contributed by atoms with Crippen molar-refractivity contribution in [3.8, 4) is 0 Å². The molecule has 0 aliphatic heterocycles. The van der Waals surface area contributed by atoms with Crippen molar-refractivity contribution in [1.29, 1.82) is 0 Å². The van der Waals surface area contributed by atoms with Gasteiger partial charge in [0, 0.05) is 22.2 Å². The molecule has 3 nitrogen and oxygen atoms in total. The van der Waals surface area contributed by atoms with Crippen LogP contribution < -0.4 is 0 Å². The van der Waals surface area contributed by atoms with Crippen molar-refractivity contribution in [2.75, 3.05) is 7.11 Å². The summed E-state index contributed by atoms with van der Waals surface area (Å²) in [5.41, 5.74) is 0.0228. The molecule has 0 bridgehead atoms. The van der Waals surface area contributed by atoms with Gasteiger partial charge in [-0.3, -0.25) is 0 Å². The summed E-state index contributed by atoms with van der Waals surface area (Å²) >= 11 is 9.41. The maximum Gasteiger partial charge on any atom is 0.340 e. The number of hydrogen-bond acceptors (Lipinski definition) is 3. The molecular formula is C13H16BrClO3. The zero-order chi connectivity index (χ0) is 13.9. The monoisotopic (exact) mass is 334 g/mol. The molecule has 1 unspecified atom stereocenters. The largest absolute Gasteiger partial charge is 0.458 e. The molecule has 0 radical (unpaired) electrons. The van der Waals surface area contributed by atoms with Crippen molar-refractivity contribution in [2.24, 2.45) is 0 Å². The molecule has 0 aromatic heterocycles. The van der Waals surface area contributed by atoms with E-state index < -0.39 is 17.7 Å². The van der Waals surface area contributed by atoms with Crippen LogP contribution >= 0.6 is 27.5 Å². The van der Waals surface area contributed by atoms with Crippen LogP contribution in [0.5, 0.6) is 0 Å². The van der Waals surface area contributed by atoms with Gasteiger partial charge in [-0.1, -0.05) is 27.5 Å². The summed E-state index contributed by atoms with van der Waals surface area (Å²) in [7, 11) is 1.45. The number of halogens is 2. The molecule has 1 atom stereocenters. The molecule has 0 saturated heterocycles. The van der Waals surface area contributed by atoms with Crippen LogP contribution in [0.3, 0.4) is 0 Å². The van der Waals surface area contributed by atoms with Gasteiger partial charge in [-0.05, 0) is 39.0 Å². The van der Waals surface area contributed by atoms with Crippen LogP contribution in [0.2, 0.25) is 5.02 Å². The van der Waals surface area contributed by atoms with Gasteiger partial charge in [-0.2, -0.15) is 0 Å². The second-order valence-electron chi connectivity index (χ2n) is 4.82. The Kier molecular flexibility index (Phi) is 5.20. The van der Waals surface area contributed by atoms with Crippen LogP contribution in [0.15, 0.2) is 22.7 Å². The summed E-state index contributed by atoms with van der Waals surface area (Å²) in [6, 6.07) is 5.26. The highest BCUT2D eigenvalue weighted by Crippen LogP contribution is 2.30. The molecule has 0 spiro atoms. The maximum absolute atomic E-state index is 12.0. The van der Waals surface area contributed by atoms with Gasteiger partial charge >= 0.3 is 5.97 Å². The van der Waals surface area contributed by atoms with Gasteiger partial charge in [0.05, 0.1) is 0 Å². The SMILES string of the molecule is COC(C(=O)OC(C)(C)C)c1cc(Br)ccc1Cl. The lowest BCUT2D eigenvalue weighted by Crippen LogP contribution is -2.28. The molecule has 18 heavy (non-hydrogen) atoms. The third-order valence-corrected chi connectivity index (χ3v) is 2.93. The van der Waals surface area contributed by atoms with Crippen LogP contribution in [-0.4, -0.2) is 18.7 Å². The molecule has 1 aromatic rings. The van der Waals surface area contributed by atoms with Gasteiger partial charge in [-0.15, -0.1) is 0 Å². The Labute approximate surface area is 121 Å². The van der Waals surface area contributed by atoms with Crippen molar-refractivity contribution >= 4 is 33.5 Å². The Bertz CT molecular complexity index is 440. The fourth-order valence-corrected chi connectivity index (χ4v) is 2.02. The minimum Gasteiger partial charge on any atom is -0.458 e. The number of carbonyl (C=O) groups is 1. The Hall–Kier alpha value is -0.580. The summed E-state index contributed by atoms with van der Waals surface area (Å²) in [6.45, 7) is 5.42. The Morgan fingerprint density at radius 3 is 2.50 bits per heavy atom. The van der Waals surface area contributed by atoms with Gasteiger partial charge in [0.25, 0.3) is 0 Å². The highest BCUT2D eigenvalue weighted by atomic mass is 79.9. The van der Waals surface area contributed by atoms with E-state index in [9.17, 15) is 4.79 Å². The highest BCUT2D eigenvalue weighted by molar-refractivity contribution is 9.10. The predicted molar refractivity (Wildman–Crippen MR) is 74.7 cm³/mol. The van der Waals surface area contributed by atoms with Gasteiger partial charge < -0.3 is 9.47 Å². The molecule has 100 valence electrons. The van der Waals surface area contributed by atoms with Crippen molar-refractivity contribution in [2.45, 2.75) is 32.5 Å². The fourth-order valence-electron chi connectivity index (χ4n) is 1.42. The van der Waals surface area contributed by atoms with Gasteiger partial charge in [0.2, 0.25) is 0 Å². The highest BCUT2D eigenvalue weighted by Gasteiger charge is 2.28. The summed E-state index contributed by atoms with van der Waals surface area (Å²) in [6.07, 6.45) is -0.825. The molecule has 1 rings (SSSR count). The minimum atomic E-state index is -0.825. The average molecular weight is 336 g/mol. The first-order valence-electron chi connectivity index (χ1n) is 5.45. The second-order valence-corrected chi connectivity index (χ2v) is 6.14. The van der Waals surface area contributed by atoms with Crippen LogP contribution in [0.1, 0.15) is 32.4 Å². The standard InChI is InChI=1S/C13H16BrClO3/c1-13(2,3)18-12(16)11(17-4)9-7-8(14)5-6-10(9)15/h5-7,11H,1-4H3. The Balaban J connectivity index is 3.02. The number of esters is 1. The molecular weight excluding hydrogens is 319 g/mol. The lowest BCUT2D eigenvalue weighted by Gasteiger charge is -2.24. The lowest BCUT2D eigenvalue weighted by atomic mass is 10.1. The van der Waals surface area contributed by atoms with Crippen LogP contribution in [0.25, 0.3) is 0 Å². The number of carbonyl (C=O) groups excluding carboxylic acids is 1. The van der Waals surface area contributed by atoms with E-state index in [2.05, 4.69) is 15.9 Å². The first-order valence-corrected chi connectivity index (χ1v) is 6.62. The average Bonchev–Trinajstić information content (AvgIpc) is 2.21. The van der Waals surface area contributed by atoms with Gasteiger partial charge in [0.15, 0.2) is 6.10 Å². The molecule has 0 aliphatic carbocycles. The lowest BCUT2D eigenvalue weighted by molar-refractivity contribution is -0.167. The summed E-state index contributed by atoms with van der Waals surface area (Å²) in [5.74, 6) is -0.454. The van der Waals surface area contributed by atoms with E-state index in [1.807, 2.05) is 0 Å². The zero-order valence-electron chi connectivity index (χ0n) is 10.8. The van der Waals surface area contributed by atoms with E-state index in [-0.39, 0.29) is 0 Å². The van der Waals surface area contributed by atoms with Gasteiger partial charge in [0.1, 0.15) is 5.60 Å². The topological polar surface area (TPSA) is 35.5 Å². The predicted octanol–water partition coefficient (Wildman–Crippen LogP) is 4.13. The molecule has 1 aromatic carbocycles. The first kappa shape index (κ1) is 15.5. The Morgan fingerprint density at radius 1 is 1.39 bits per heavy atom. The van der Waals surface area contributed by atoms with Crippen molar-refractivity contribution in [3.63, 3.8) is 0 Å². The quantitative estimate of drug-likeness (QED) is 0.779. The number of benzene rings is 1. The second kappa shape index (κ2) is 6.04. The minimum absolute atomic E-state index is 0.454. The smallest absolute Gasteiger partial charge is 0.340 e. The van der Waals surface area contributed by atoms with E-state index >= 15 is 0 Å². The number of ether oxygens (including phenoxy) is 2. The van der Waals surface area contributed by atoms with E-state index in [0.29, 0.717) is 10.6 Å². The normalized spacial score (nSPS) is 13.2. The molecule has 0 amide bonds. The van der Waals surface area contributed by atoms with E-state index in [1.54, 1.807) is 39.0 Å². The number of rotatable bonds is 3. The summed E-state index contributed by atoms with van der Waals surface area (Å²) < 4.78 is 11.3. The first-order chi connectivity index (χ1) is 8.24. The zero-order valence-corrected chi connectivity index (χ0v) is 13.1. The molecule has 0 fully saturated rings. The maximum atomic E-state index is 12.0. The molecule has 0 aliphatic rings. The molecule has 0 heterocycles. The number of methoxy groups -OCH3 is 1. The van der Waals surface area contributed by atoms with Gasteiger partial charge in [-0.25, -0.2) is 4.79 Å². The molecule has 5 heteroatoms. The van der Waals surface area contributed by atoms with Crippen LogP contribution in [-0.2, 0) is 14.3 Å². The van der Waals surface area contributed by atoms with Crippen LogP contribution in [0.4, 0.5) is 0 Å². The fraction of sp³-hybridized carbons (Fsp3) is 0.462.